The van der Waals surface area contributed by atoms with Crippen LogP contribution < -0.4 is 0 Å². The van der Waals surface area contributed by atoms with E-state index in [9.17, 15) is 17.6 Å². The third-order valence-corrected chi connectivity index (χ3v) is 5.93. The Kier molecular flexibility index (Phi) is 5.76. The minimum Gasteiger partial charge on any atom is -0.464 e. The van der Waals surface area contributed by atoms with Crippen molar-refractivity contribution in [3.05, 3.63) is 58.6 Å². The van der Waals surface area contributed by atoms with Crippen LogP contribution in [-0.4, -0.2) is 37.8 Å². The maximum atomic E-state index is 13.1. The van der Waals surface area contributed by atoms with Crippen LogP contribution in [0.2, 0.25) is 5.15 Å². The van der Waals surface area contributed by atoms with Crippen molar-refractivity contribution in [2.45, 2.75) is 17.9 Å². The molecule has 0 bridgehead atoms. The van der Waals surface area contributed by atoms with Crippen molar-refractivity contribution in [1.29, 1.82) is 0 Å². The number of hydrogen-bond donors (Lipinski definition) is 0. The molecule has 6 nitrogen and oxygen atoms in total. The fourth-order valence-electron chi connectivity index (χ4n) is 2.19. The Morgan fingerprint density at radius 3 is 2.40 bits per heavy atom. The highest BCUT2D eigenvalue weighted by molar-refractivity contribution is 7.89. The molecule has 1 heterocycles. The lowest BCUT2D eigenvalue weighted by atomic mass is 10.1. The van der Waals surface area contributed by atoms with Gasteiger partial charge in [-0.05, 0) is 36.8 Å². The monoisotopic (exact) mass is 386 g/mol. The van der Waals surface area contributed by atoms with Crippen LogP contribution >= 0.6 is 11.6 Å². The van der Waals surface area contributed by atoms with Crippen LogP contribution in [0.15, 0.2) is 41.3 Å². The van der Waals surface area contributed by atoms with Crippen molar-refractivity contribution >= 4 is 27.6 Å². The molecule has 1 aromatic heterocycles. The standard InChI is InChI=1S/C16H16ClFN2O4S/c1-10(11-4-6-12(18)7-5-11)20(2)25(22,23)13-8-9-14(17)19-15(13)16(21)24-3/h4-10H,1-3H3/t10-/m1/s1. The molecule has 0 saturated heterocycles. The molecule has 0 aliphatic heterocycles. The van der Waals surface area contributed by atoms with Gasteiger partial charge in [-0.3, -0.25) is 0 Å². The van der Waals surface area contributed by atoms with E-state index in [0.29, 0.717) is 5.56 Å². The highest BCUT2D eigenvalue weighted by Crippen LogP contribution is 2.28. The molecule has 0 aliphatic rings. The predicted molar refractivity (Wildman–Crippen MR) is 90.4 cm³/mol. The molecule has 9 heteroatoms. The second-order valence-electron chi connectivity index (χ2n) is 5.22. The number of carbonyl (C=O) groups is 1. The lowest BCUT2D eigenvalue weighted by molar-refractivity contribution is 0.0589. The molecule has 25 heavy (non-hydrogen) atoms. The second-order valence-corrected chi connectivity index (χ2v) is 7.57. The molecule has 0 unspecified atom stereocenters. The molecule has 0 fully saturated rings. The zero-order valence-corrected chi connectivity index (χ0v) is 15.3. The molecule has 0 saturated carbocycles. The third kappa shape index (κ3) is 3.97. The van der Waals surface area contributed by atoms with Crippen molar-refractivity contribution in [3.8, 4) is 0 Å². The summed E-state index contributed by atoms with van der Waals surface area (Å²) in [6, 6.07) is 7.35. The highest BCUT2D eigenvalue weighted by atomic mass is 35.5. The van der Waals surface area contributed by atoms with Gasteiger partial charge < -0.3 is 4.74 Å². The summed E-state index contributed by atoms with van der Waals surface area (Å²) in [5.41, 5.74) is 0.196. The largest absolute Gasteiger partial charge is 0.464 e. The third-order valence-electron chi connectivity index (χ3n) is 3.76. The van der Waals surface area contributed by atoms with Crippen LogP contribution in [0.25, 0.3) is 0 Å². The molecular weight excluding hydrogens is 371 g/mol. The van der Waals surface area contributed by atoms with Crippen LogP contribution in [0.4, 0.5) is 4.39 Å². The van der Waals surface area contributed by atoms with Gasteiger partial charge in [-0.15, -0.1) is 0 Å². The Hall–Kier alpha value is -2.03. The van der Waals surface area contributed by atoms with Gasteiger partial charge in [-0.1, -0.05) is 23.7 Å². The van der Waals surface area contributed by atoms with Gasteiger partial charge in [0, 0.05) is 13.1 Å². The minimum absolute atomic E-state index is 0.0337. The Morgan fingerprint density at radius 2 is 1.84 bits per heavy atom. The number of carbonyl (C=O) groups excluding carboxylic acids is 1. The Labute approximate surface area is 150 Å². The fourth-order valence-corrected chi connectivity index (χ4v) is 3.80. The Bertz CT molecular complexity index is 888. The van der Waals surface area contributed by atoms with E-state index in [-0.39, 0.29) is 10.0 Å². The number of aromatic nitrogens is 1. The van der Waals surface area contributed by atoms with Gasteiger partial charge in [-0.2, -0.15) is 4.31 Å². The van der Waals surface area contributed by atoms with E-state index in [4.69, 9.17) is 11.6 Å². The summed E-state index contributed by atoms with van der Waals surface area (Å²) < 4.78 is 44.6. The van der Waals surface area contributed by atoms with Crippen LogP contribution in [-0.2, 0) is 14.8 Å². The average Bonchev–Trinajstić information content (AvgIpc) is 2.60. The number of rotatable bonds is 5. The molecular formula is C16H16ClFN2O4S. The number of ether oxygens (including phenoxy) is 1. The van der Waals surface area contributed by atoms with Gasteiger partial charge in [0.25, 0.3) is 0 Å². The fraction of sp³-hybridized carbons (Fsp3) is 0.250. The number of sulfonamides is 1. The summed E-state index contributed by atoms with van der Waals surface area (Å²) in [6.45, 7) is 1.64. The lowest BCUT2D eigenvalue weighted by Gasteiger charge is -2.25. The summed E-state index contributed by atoms with van der Waals surface area (Å²) in [5, 5.41) is -0.0337. The number of esters is 1. The van der Waals surface area contributed by atoms with Crippen molar-refractivity contribution in [2.24, 2.45) is 0 Å². The molecule has 0 radical (unpaired) electrons. The molecule has 1 aromatic carbocycles. The van der Waals surface area contributed by atoms with Gasteiger partial charge >= 0.3 is 5.97 Å². The summed E-state index contributed by atoms with van der Waals surface area (Å²) in [6.07, 6.45) is 0. The van der Waals surface area contributed by atoms with E-state index in [0.717, 1.165) is 11.4 Å². The van der Waals surface area contributed by atoms with Crippen LogP contribution in [0.3, 0.4) is 0 Å². The van der Waals surface area contributed by atoms with Crippen molar-refractivity contribution in [2.75, 3.05) is 14.2 Å². The molecule has 0 amide bonds. The van der Waals surface area contributed by atoms with Crippen molar-refractivity contribution < 1.29 is 22.3 Å². The van der Waals surface area contributed by atoms with E-state index in [1.54, 1.807) is 6.92 Å². The number of methoxy groups -OCH3 is 1. The van der Waals surface area contributed by atoms with Crippen molar-refractivity contribution in [1.82, 2.24) is 9.29 Å². The van der Waals surface area contributed by atoms with E-state index >= 15 is 0 Å². The lowest BCUT2D eigenvalue weighted by Crippen LogP contribution is -2.31. The average molecular weight is 387 g/mol. The van der Waals surface area contributed by atoms with Crippen LogP contribution in [0.5, 0.6) is 0 Å². The van der Waals surface area contributed by atoms with Gasteiger partial charge in [0.15, 0.2) is 5.69 Å². The van der Waals surface area contributed by atoms with Gasteiger partial charge in [0.05, 0.1) is 7.11 Å². The van der Waals surface area contributed by atoms with Crippen LogP contribution in [0, 0.1) is 5.82 Å². The first-order chi connectivity index (χ1) is 11.7. The first-order valence-electron chi connectivity index (χ1n) is 7.17. The van der Waals surface area contributed by atoms with Crippen molar-refractivity contribution in [3.63, 3.8) is 0 Å². The second kappa shape index (κ2) is 7.47. The topological polar surface area (TPSA) is 76.6 Å². The highest BCUT2D eigenvalue weighted by Gasteiger charge is 2.31. The van der Waals surface area contributed by atoms with Gasteiger partial charge in [-0.25, -0.2) is 22.6 Å². The zero-order valence-electron chi connectivity index (χ0n) is 13.7. The van der Waals surface area contributed by atoms with E-state index in [2.05, 4.69) is 9.72 Å². The molecule has 0 N–H and O–H groups in total. The summed E-state index contributed by atoms with van der Waals surface area (Å²) >= 11 is 5.76. The summed E-state index contributed by atoms with van der Waals surface area (Å²) in [4.78, 5) is 15.3. The molecule has 0 spiro atoms. The SMILES string of the molecule is COC(=O)c1nc(Cl)ccc1S(=O)(=O)N(C)[C@H](C)c1ccc(F)cc1. The molecule has 1 atom stereocenters. The predicted octanol–water partition coefficient (Wildman–Crippen LogP) is 3.04. The Balaban J connectivity index is 2.47. The normalized spacial score (nSPS) is 12.9. The molecule has 2 rings (SSSR count). The molecule has 134 valence electrons. The number of halogens is 2. The van der Waals surface area contributed by atoms with Gasteiger partial charge in [0.1, 0.15) is 15.9 Å². The number of nitrogens with zero attached hydrogens (tertiary/aromatic N) is 2. The smallest absolute Gasteiger partial charge is 0.358 e. The first-order valence-corrected chi connectivity index (χ1v) is 8.98. The van der Waals surface area contributed by atoms with Gasteiger partial charge in [0.2, 0.25) is 10.0 Å². The molecule has 0 aliphatic carbocycles. The molecule has 2 aromatic rings. The Morgan fingerprint density at radius 1 is 1.24 bits per heavy atom. The minimum atomic E-state index is -4.08. The number of benzene rings is 1. The van der Waals surface area contributed by atoms with E-state index < -0.39 is 33.5 Å². The number of pyridine rings is 1. The summed E-state index contributed by atoms with van der Waals surface area (Å²) in [7, 11) is -1.60. The van der Waals surface area contributed by atoms with E-state index in [1.807, 2.05) is 0 Å². The number of hydrogen-bond acceptors (Lipinski definition) is 5. The van der Waals surface area contributed by atoms with E-state index in [1.165, 1.54) is 43.4 Å². The maximum Gasteiger partial charge on any atom is 0.358 e. The zero-order chi connectivity index (χ0) is 18.8. The quantitative estimate of drug-likeness (QED) is 0.583. The maximum absolute atomic E-state index is 13.1. The van der Waals surface area contributed by atoms with Crippen LogP contribution in [0.1, 0.15) is 29.0 Å². The summed E-state index contributed by atoms with van der Waals surface area (Å²) in [5.74, 6) is -1.33. The first kappa shape index (κ1) is 19.3.